The first-order valence-corrected chi connectivity index (χ1v) is 4.90. The Bertz CT molecular complexity index is 344. The van der Waals surface area contributed by atoms with Crippen LogP contribution in [0.5, 0.6) is 0 Å². The normalized spacial score (nSPS) is 12.1. The van der Waals surface area contributed by atoms with Gasteiger partial charge in [-0.2, -0.15) is 5.26 Å². The van der Waals surface area contributed by atoms with Crippen LogP contribution in [0.2, 0.25) is 0 Å². The van der Waals surface area contributed by atoms with E-state index in [0.717, 1.165) is 11.1 Å². The van der Waals surface area contributed by atoms with Gasteiger partial charge in [-0.05, 0) is 24.1 Å². The Hall–Kier alpha value is -1.37. The maximum absolute atomic E-state index is 8.93. The van der Waals surface area contributed by atoms with Gasteiger partial charge in [-0.1, -0.05) is 18.2 Å². The number of nitrogens with zero attached hydrogens (tertiary/aromatic N) is 1. The van der Waals surface area contributed by atoms with Crippen LogP contribution < -0.4 is 0 Å². The van der Waals surface area contributed by atoms with Crippen molar-refractivity contribution in [2.45, 2.75) is 19.6 Å². The zero-order chi connectivity index (χ0) is 11.1. The average Bonchev–Trinajstić information content (AvgIpc) is 2.27. The third-order valence-corrected chi connectivity index (χ3v) is 2.02. The van der Waals surface area contributed by atoms with Crippen LogP contribution >= 0.6 is 0 Å². The largest absolute Gasteiger partial charge is 0.380 e. The Kier molecular flexibility index (Phi) is 4.82. The Balaban J connectivity index is 2.83. The molecule has 3 nitrogen and oxygen atoms in total. The molecule has 15 heavy (non-hydrogen) atoms. The van der Waals surface area contributed by atoms with E-state index in [-0.39, 0.29) is 0 Å². The van der Waals surface area contributed by atoms with Gasteiger partial charge in [0.1, 0.15) is 0 Å². The lowest BCUT2D eigenvalue weighted by Gasteiger charge is -2.10. The van der Waals surface area contributed by atoms with Crippen molar-refractivity contribution in [3.63, 3.8) is 0 Å². The van der Waals surface area contributed by atoms with Gasteiger partial charge < -0.3 is 9.47 Å². The molecule has 0 heterocycles. The number of hydrogen-bond acceptors (Lipinski definition) is 3. The van der Waals surface area contributed by atoms with Crippen molar-refractivity contribution in [3.05, 3.63) is 35.4 Å². The van der Waals surface area contributed by atoms with Gasteiger partial charge in [0.05, 0.1) is 12.7 Å². The lowest BCUT2D eigenvalue weighted by atomic mass is 10.1. The van der Waals surface area contributed by atoms with Crippen molar-refractivity contribution in [3.8, 4) is 6.07 Å². The van der Waals surface area contributed by atoms with E-state index >= 15 is 0 Å². The molecule has 0 aliphatic carbocycles. The van der Waals surface area contributed by atoms with Crippen LogP contribution in [0, 0.1) is 11.3 Å². The average molecular weight is 205 g/mol. The third-order valence-electron chi connectivity index (χ3n) is 2.02. The molecule has 0 fully saturated rings. The molecular weight excluding hydrogens is 190 g/mol. The van der Waals surface area contributed by atoms with Crippen LogP contribution in [0.4, 0.5) is 0 Å². The minimum atomic E-state index is -0.480. The van der Waals surface area contributed by atoms with E-state index < -0.39 is 6.10 Å². The number of ether oxygens (including phenoxy) is 2. The van der Waals surface area contributed by atoms with Crippen LogP contribution in [0.3, 0.4) is 0 Å². The first kappa shape index (κ1) is 11.7. The molecule has 3 heteroatoms. The second kappa shape index (κ2) is 6.18. The molecule has 0 bridgehead atoms. The molecule has 0 saturated heterocycles. The summed E-state index contributed by atoms with van der Waals surface area (Å²) >= 11 is 0. The van der Waals surface area contributed by atoms with Crippen molar-refractivity contribution < 1.29 is 9.47 Å². The lowest BCUT2D eigenvalue weighted by molar-refractivity contribution is 0.102. The van der Waals surface area contributed by atoms with E-state index in [1.807, 2.05) is 31.2 Å². The van der Waals surface area contributed by atoms with Crippen molar-refractivity contribution in [2.24, 2.45) is 0 Å². The summed E-state index contributed by atoms with van der Waals surface area (Å²) in [6, 6.07) is 9.83. The van der Waals surface area contributed by atoms with E-state index in [1.165, 1.54) is 0 Å². The lowest BCUT2D eigenvalue weighted by Crippen LogP contribution is -2.02. The minimum absolute atomic E-state index is 0.480. The van der Waals surface area contributed by atoms with Crippen molar-refractivity contribution >= 4 is 0 Å². The van der Waals surface area contributed by atoms with Crippen LogP contribution in [0.25, 0.3) is 0 Å². The zero-order valence-corrected chi connectivity index (χ0v) is 9.06. The highest BCUT2D eigenvalue weighted by Gasteiger charge is 2.09. The quantitative estimate of drug-likeness (QED) is 0.741. The molecule has 0 aliphatic heterocycles. The van der Waals surface area contributed by atoms with E-state index in [2.05, 4.69) is 6.07 Å². The standard InChI is InChI=1S/C12H15NO2/c1-3-15-12(8-13)11-6-4-5-10(7-11)9-14-2/h4-7,12H,3,9H2,1-2H3. The smallest absolute Gasteiger partial charge is 0.169 e. The highest BCUT2D eigenvalue weighted by molar-refractivity contribution is 5.27. The van der Waals surface area contributed by atoms with Gasteiger partial charge in [0.15, 0.2) is 6.10 Å². The fourth-order valence-electron chi connectivity index (χ4n) is 1.39. The zero-order valence-electron chi connectivity index (χ0n) is 9.06. The van der Waals surface area contributed by atoms with Gasteiger partial charge in [-0.3, -0.25) is 0 Å². The molecule has 0 aromatic heterocycles. The van der Waals surface area contributed by atoms with Gasteiger partial charge >= 0.3 is 0 Å². The molecule has 0 spiro atoms. The van der Waals surface area contributed by atoms with Crippen LogP contribution in [0.1, 0.15) is 24.2 Å². The summed E-state index contributed by atoms with van der Waals surface area (Å²) in [5, 5.41) is 8.93. The van der Waals surface area contributed by atoms with Crippen molar-refractivity contribution in [1.29, 1.82) is 5.26 Å². The summed E-state index contributed by atoms with van der Waals surface area (Å²) in [7, 11) is 1.65. The van der Waals surface area contributed by atoms with E-state index in [0.29, 0.717) is 13.2 Å². The van der Waals surface area contributed by atoms with Gasteiger partial charge in [-0.15, -0.1) is 0 Å². The first-order chi connectivity index (χ1) is 7.31. The fourth-order valence-corrected chi connectivity index (χ4v) is 1.39. The van der Waals surface area contributed by atoms with Gasteiger partial charge in [0.2, 0.25) is 0 Å². The Labute approximate surface area is 90.2 Å². The Morgan fingerprint density at radius 1 is 1.47 bits per heavy atom. The van der Waals surface area contributed by atoms with Gasteiger partial charge in [0.25, 0.3) is 0 Å². The molecule has 80 valence electrons. The monoisotopic (exact) mass is 205 g/mol. The summed E-state index contributed by atoms with van der Waals surface area (Å²) in [5.41, 5.74) is 1.93. The van der Waals surface area contributed by atoms with Gasteiger partial charge in [0, 0.05) is 13.7 Å². The van der Waals surface area contributed by atoms with Crippen molar-refractivity contribution in [2.75, 3.05) is 13.7 Å². The second-order valence-electron chi connectivity index (χ2n) is 3.14. The summed E-state index contributed by atoms with van der Waals surface area (Å²) in [6.45, 7) is 2.97. The topological polar surface area (TPSA) is 42.2 Å². The highest BCUT2D eigenvalue weighted by atomic mass is 16.5. The maximum Gasteiger partial charge on any atom is 0.169 e. The number of nitriles is 1. The molecule has 0 amide bonds. The summed E-state index contributed by atoms with van der Waals surface area (Å²) < 4.78 is 10.3. The van der Waals surface area contributed by atoms with E-state index in [4.69, 9.17) is 14.7 Å². The predicted molar refractivity (Wildman–Crippen MR) is 57.1 cm³/mol. The van der Waals surface area contributed by atoms with E-state index in [9.17, 15) is 0 Å². The minimum Gasteiger partial charge on any atom is -0.380 e. The van der Waals surface area contributed by atoms with Crippen LogP contribution in [0.15, 0.2) is 24.3 Å². The molecule has 0 saturated carbocycles. The molecule has 0 N–H and O–H groups in total. The molecule has 1 atom stereocenters. The highest BCUT2D eigenvalue weighted by Crippen LogP contribution is 2.18. The number of methoxy groups -OCH3 is 1. The Morgan fingerprint density at radius 3 is 2.87 bits per heavy atom. The number of rotatable bonds is 5. The predicted octanol–water partition coefficient (Wildman–Crippen LogP) is 2.43. The fraction of sp³-hybridized carbons (Fsp3) is 0.417. The first-order valence-electron chi connectivity index (χ1n) is 4.90. The molecule has 1 unspecified atom stereocenters. The molecule has 1 aromatic rings. The summed E-state index contributed by atoms with van der Waals surface area (Å²) in [5.74, 6) is 0. The maximum atomic E-state index is 8.93. The molecule has 1 rings (SSSR count). The van der Waals surface area contributed by atoms with Crippen LogP contribution in [-0.4, -0.2) is 13.7 Å². The van der Waals surface area contributed by atoms with E-state index in [1.54, 1.807) is 7.11 Å². The Morgan fingerprint density at radius 2 is 2.27 bits per heavy atom. The molecular formula is C12H15NO2. The summed E-state index contributed by atoms with van der Waals surface area (Å²) in [4.78, 5) is 0. The number of benzene rings is 1. The second-order valence-corrected chi connectivity index (χ2v) is 3.14. The summed E-state index contributed by atoms with van der Waals surface area (Å²) in [6.07, 6.45) is -0.480. The molecule has 0 radical (unpaired) electrons. The molecule has 0 aliphatic rings. The van der Waals surface area contributed by atoms with Crippen molar-refractivity contribution in [1.82, 2.24) is 0 Å². The third kappa shape index (κ3) is 3.35. The SMILES string of the molecule is CCOC(C#N)c1cccc(COC)c1. The van der Waals surface area contributed by atoms with Crippen LogP contribution in [-0.2, 0) is 16.1 Å². The molecule has 1 aromatic carbocycles. The van der Waals surface area contributed by atoms with Gasteiger partial charge in [-0.25, -0.2) is 0 Å². The number of hydrogen-bond donors (Lipinski definition) is 0.